The zero-order valence-corrected chi connectivity index (χ0v) is 19.3. The van der Waals surface area contributed by atoms with Crippen LogP contribution in [0, 0.1) is 10.1 Å². The number of anilines is 1. The van der Waals surface area contributed by atoms with E-state index < -0.39 is 10.8 Å². The van der Waals surface area contributed by atoms with Crippen molar-refractivity contribution in [3.63, 3.8) is 0 Å². The van der Waals surface area contributed by atoms with Gasteiger partial charge in [0, 0.05) is 54.5 Å². The van der Waals surface area contributed by atoms with Crippen molar-refractivity contribution in [2.45, 2.75) is 12.5 Å². The molecule has 1 N–H and O–H groups in total. The van der Waals surface area contributed by atoms with Gasteiger partial charge < -0.3 is 5.32 Å². The molecule has 0 aliphatic carbocycles. The van der Waals surface area contributed by atoms with E-state index >= 15 is 0 Å². The largest absolute Gasteiger partial charge is 0.325 e. The molecule has 3 aromatic carbocycles. The standard InChI is InChI=1S/C26H24N4O3S/c31-26-24(22-16-21(30(32)33)10-11-23(22)28-26)25(19-4-2-1-3-5-19)27-20-8-6-18(7-9-20)17-29-12-14-34-15-13-29/h1-11,16,24H,12-15,17H2,(H,28,31). The zero-order chi connectivity index (χ0) is 23.5. The summed E-state index contributed by atoms with van der Waals surface area (Å²) in [5.41, 5.74) is 4.44. The van der Waals surface area contributed by atoms with Crippen molar-refractivity contribution in [2.24, 2.45) is 4.99 Å². The lowest BCUT2D eigenvalue weighted by atomic mass is 9.90. The molecule has 0 radical (unpaired) electrons. The van der Waals surface area contributed by atoms with E-state index in [1.165, 1.54) is 29.2 Å². The van der Waals surface area contributed by atoms with Crippen molar-refractivity contribution in [2.75, 3.05) is 29.9 Å². The molecule has 5 rings (SSSR count). The molecule has 1 unspecified atom stereocenters. The maximum absolute atomic E-state index is 13.0. The number of carbonyl (C=O) groups excluding carboxylic acids is 1. The summed E-state index contributed by atoms with van der Waals surface area (Å²) < 4.78 is 0. The predicted molar refractivity (Wildman–Crippen MR) is 136 cm³/mol. The van der Waals surface area contributed by atoms with Gasteiger partial charge in [-0.2, -0.15) is 11.8 Å². The molecular weight excluding hydrogens is 448 g/mol. The molecule has 2 aliphatic heterocycles. The topological polar surface area (TPSA) is 87.8 Å². The summed E-state index contributed by atoms with van der Waals surface area (Å²) in [6.07, 6.45) is 0. The van der Waals surface area contributed by atoms with Crippen molar-refractivity contribution in [1.29, 1.82) is 0 Å². The van der Waals surface area contributed by atoms with Crippen LogP contribution in [0.4, 0.5) is 17.1 Å². The average molecular weight is 473 g/mol. The Hall–Kier alpha value is -3.49. The molecule has 1 atom stereocenters. The number of nitro groups is 1. The Labute approximate surface area is 202 Å². The molecule has 0 aromatic heterocycles. The van der Waals surface area contributed by atoms with Gasteiger partial charge in [0.15, 0.2) is 0 Å². The number of rotatable bonds is 6. The Morgan fingerprint density at radius 1 is 1.06 bits per heavy atom. The van der Waals surface area contributed by atoms with Crippen LogP contribution in [0.2, 0.25) is 0 Å². The van der Waals surface area contributed by atoms with E-state index in [1.807, 2.05) is 54.2 Å². The maximum atomic E-state index is 13.0. The van der Waals surface area contributed by atoms with Crippen LogP contribution in [0.25, 0.3) is 0 Å². The number of nitrogens with zero attached hydrogens (tertiary/aromatic N) is 3. The third-order valence-electron chi connectivity index (χ3n) is 6.12. The first-order chi connectivity index (χ1) is 16.6. The van der Waals surface area contributed by atoms with Crippen molar-refractivity contribution in [1.82, 2.24) is 4.90 Å². The summed E-state index contributed by atoms with van der Waals surface area (Å²) in [5.74, 6) is 1.37. The van der Waals surface area contributed by atoms with Crippen LogP contribution in [0.3, 0.4) is 0 Å². The third-order valence-corrected chi connectivity index (χ3v) is 7.06. The Kier molecular flexibility index (Phi) is 6.42. The van der Waals surface area contributed by atoms with Gasteiger partial charge >= 0.3 is 0 Å². The van der Waals surface area contributed by atoms with Gasteiger partial charge in [-0.3, -0.25) is 24.8 Å². The van der Waals surface area contributed by atoms with Crippen LogP contribution in [-0.4, -0.2) is 46.0 Å². The highest BCUT2D eigenvalue weighted by Gasteiger charge is 2.36. The molecule has 172 valence electrons. The second-order valence-electron chi connectivity index (χ2n) is 8.37. The highest BCUT2D eigenvalue weighted by atomic mass is 32.2. The summed E-state index contributed by atoms with van der Waals surface area (Å²) in [5, 5.41) is 14.2. The van der Waals surface area contributed by atoms with Gasteiger partial charge in [-0.1, -0.05) is 42.5 Å². The Bertz CT molecular complexity index is 1240. The van der Waals surface area contributed by atoms with Crippen molar-refractivity contribution in [3.8, 4) is 0 Å². The van der Waals surface area contributed by atoms with Gasteiger partial charge in [-0.25, -0.2) is 0 Å². The highest BCUT2D eigenvalue weighted by molar-refractivity contribution is 7.99. The molecule has 3 aromatic rings. The minimum absolute atomic E-state index is 0.0480. The average Bonchev–Trinajstić information content (AvgIpc) is 3.19. The molecule has 2 heterocycles. The second-order valence-corrected chi connectivity index (χ2v) is 9.59. The number of hydrogen-bond acceptors (Lipinski definition) is 6. The molecule has 7 nitrogen and oxygen atoms in total. The number of thioether (sulfide) groups is 1. The first-order valence-electron chi connectivity index (χ1n) is 11.2. The molecular formula is C26H24N4O3S. The quantitative estimate of drug-likeness (QED) is 0.310. The van der Waals surface area contributed by atoms with Crippen molar-refractivity contribution < 1.29 is 9.72 Å². The summed E-state index contributed by atoms with van der Waals surface area (Å²) in [4.78, 5) is 31.3. The van der Waals surface area contributed by atoms with Crippen LogP contribution < -0.4 is 5.32 Å². The van der Waals surface area contributed by atoms with Gasteiger partial charge in [-0.15, -0.1) is 0 Å². The monoisotopic (exact) mass is 472 g/mol. The summed E-state index contributed by atoms with van der Waals surface area (Å²) in [7, 11) is 0. The molecule has 1 saturated heterocycles. The fourth-order valence-corrected chi connectivity index (χ4v) is 5.35. The van der Waals surface area contributed by atoms with E-state index in [0.717, 1.165) is 30.9 Å². The minimum atomic E-state index is -0.733. The zero-order valence-electron chi connectivity index (χ0n) is 18.5. The first-order valence-corrected chi connectivity index (χ1v) is 12.4. The molecule has 1 fully saturated rings. The highest BCUT2D eigenvalue weighted by Crippen LogP contribution is 2.38. The summed E-state index contributed by atoms with van der Waals surface area (Å²) in [6.45, 7) is 3.12. The Balaban J connectivity index is 1.50. The number of fused-ring (bicyclic) bond motifs is 1. The lowest BCUT2D eigenvalue weighted by Crippen LogP contribution is -2.31. The fourth-order valence-electron chi connectivity index (χ4n) is 4.37. The number of amides is 1. The molecule has 8 heteroatoms. The molecule has 2 aliphatic rings. The van der Waals surface area contributed by atoms with E-state index in [2.05, 4.69) is 22.3 Å². The second kappa shape index (κ2) is 9.79. The van der Waals surface area contributed by atoms with Gasteiger partial charge in [0.25, 0.3) is 5.69 Å². The first kappa shape index (κ1) is 22.3. The number of hydrogen-bond donors (Lipinski definition) is 1. The van der Waals surface area contributed by atoms with Gasteiger partial charge in [-0.05, 0) is 29.3 Å². The van der Waals surface area contributed by atoms with E-state index in [1.54, 1.807) is 6.07 Å². The van der Waals surface area contributed by atoms with Gasteiger partial charge in [0.2, 0.25) is 5.91 Å². The van der Waals surface area contributed by atoms with E-state index in [-0.39, 0.29) is 11.6 Å². The van der Waals surface area contributed by atoms with Crippen LogP contribution >= 0.6 is 11.8 Å². The van der Waals surface area contributed by atoms with Crippen LogP contribution in [0.1, 0.15) is 22.6 Å². The number of nitro benzene ring substituents is 1. The Morgan fingerprint density at radius 3 is 2.50 bits per heavy atom. The van der Waals surface area contributed by atoms with Gasteiger partial charge in [0.05, 0.1) is 16.3 Å². The van der Waals surface area contributed by atoms with Crippen LogP contribution in [0.5, 0.6) is 0 Å². The van der Waals surface area contributed by atoms with E-state index in [4.69, 9.17) is 4.99 Å². The molecule has 0 bridgehead atoms. The lowest BCUT2D eigenvalue weighted by molar-refractivity contribution is -0.384. The number of aliphatic imine (C=N–C) groups is 1. The molecule has 1 amide bonds. The molecule has 0 saturated carbocycles. The number of non-ortho nitro benzene ring substituents is 1. The third kappa shape index (κ3) is 4.73. The lowest BCUT2D eigenvalue weighted by Gasteiger charge is -2.26. The minimum Gasteiger partial charge on any atom is -0.325 e. The fraction of sp³-hybridized carbons (Fsp3) is 0.231. The predicted octanol–water partition coefficient (Wildman–Crippen LogP) is 5.00. The van der Waals surface area contributed by atoms with Gasteiger partial charge in [0.1, 0.15) is 5.92 Å². The van der Waals surface area contributed by atoms with Crippen LogP contribution in [0.15, 0.2) is 77.8 Å². The number of nitrogens with one attached hydrogen (secondary N) is 1. The molecule has 0 spiro atoms. The SMILES string of the molecule is O=C1Nc2ccc([N+](=O)[O-])cc2C1C(=Nc1ccc(CN2CCSCC2)cc1)c1ccccc1. The van der Waals surface area contributed by atoms with Crippen LogP contribution in [-0.2, 0) is 11.3 Å². The van der Waals surface area contributed by atoms with E-state index in [0.29, 0.717) is 17.0 Å². The maximum Gasteiger partial charge on any atom is 0.269 e. The smallest absolute Gasteiger partial charge is 0.269 e. The number of benzene rings is 3. The van der Waals surface area contributed by atoms with Crippen molar-refractivity contribution >= 4 is 40.4 Å². The van der Waals surface area contributed by atoms with Crippen molar-refractivity contribution in [3.05, 3.63) is 99.6 Å². The van der Waals surface area contributed by atoms with E-state index in [9.17, 15) is 14.9 Å². The Morgan fingerprint density at radius 2 is 1.79 bits per heavy atom. The normalized spacial score (nSPS) is 18.4. The summed E-state index contributed by atoms with van der Waals surface area (Å²) >= 11 is 2.00. The number of carbonyl (C=O) groups is 1. The molecule has 34 heavy (non-hydrogen) atoms. The summed E-state index contributed by atoms with van der Waals surface area (Å²) in [6, 6.07) is 22.1.